The van der Waals surface area contributed by atoms with Gasteiger partial charge in [0, 0.05) is 12.8 Å². The molecule has 39 heavy (non-hydrogen) atoms. The summed E-state index contributed by atoms with van der Waals surface area (Å²) in [6.07, 6.45) is 29.3. The fourth-order valence-electron chi connectivity index (χ4n) is 4.68. The maximum Gasteiger partial charge on any atom is 0.306 e. The second-order valence-electron chi connectivity index (χ2n) is 11.1. The number of unbranched alkanes of at least 4 members (excludes halogenated alkanes) is 20. The topological polar surface area (TPSA) is 63.6 Å². The van der Waals surface area contributed by atoms with Crippen molar-refractivity contribution in [1.82, 2.24) is 0 Å². The highest BCUT2D eigenvalue weighted by Gasteiger charge is 2.03. The molecule has 4 heteroatoms. The first-order chi connectivity index (χ1) is 19.1. The van der Waals surface area contributed by atoms with E-state index in [-0.39, 0.29) is 5.97 Å². The number of hydrogen-bond donors (Lipinski definition) is 1. The van der Waals surface area contributed by atoms with Crippen LogP contribution >= 0.6 is 0 Å². The van der Waals surface area contributed by atoms with Gasteiger partial charge in [-0.05, 0) is 18.4 Å². The second kappa shape index (κ2) is 30.7. The Kier molecular flexibility index (Phi) is 29.2. The van der Waals surface area contributed by atoms with Crippen LogP contribution in [0.5, 0.6) is 0 Å². The average molecular weight is 547 g/mol. The molecule has 0 aliphatic heterocycles. The largest absolute Gasteiger partial charge is 0.481 e. The molecule has 4 nitrogen and oxygen atoms in total. The number of carbonyl (C=O) groups excluding carboxylic acids is 1. The first kappa shape index (κ1) is 37.2. The number of carboxylic acids is 1. The number of aliphatic carboxylic acids is 1. The molecule has 0 amide bonds. The molecule has 0 unspecified atom stereocenters. The Morgan fingerprint density at radius 3 is 1.28 bits per heavy atom. The number of hydrogen-bond acceptors (Lipinski definition) is 3. The number of carboxylic acid groups (broad SMARTS) is 1. The number of rotatable bonds is 26. The highest BCUT2D eigenvalue weighted by atomic mass is 16.5. The van der Waals surface area contributed by atoms with Gasteiger partial charge in [0.1, 0.15) is 6.61 Å². The van der Waals surface area contributed by atoms with E-state index in [0.29, 0.717) is 19.4 Å². The van der Waals surface area contributed by atoms with Crippen LogP contribution in [0.15, 0.2) is 30.3 Å². The standard InChI is InChI=1S/C19H30O2.C16H32O2/c1-2-3-4-5-6-7-8-9-13-16-19(20)21-17-18-14-11-10-12-15-18;1-2-3-4-5-6-7-8-9-10-11-12-13-14-15-16(17)18/h10-12,14-15H,2-9,13,16-17H2,1H3;2-15H2,1H3,(H,17,18). The smallest absolute Gasteiger partial charge is 0.306 e. The van der Waals surface area contributed by atoms with Gasteiger partial charge in [0.15, 0.2) is 0 Å². The summed E-state index contributed by atoms with van der Waals surface area (Å²) in [5.74, 6) is -0.722. The molecular formula is C35H62O4. The summed E-state index contributed by atoms with van der Waals surface area (Å²) in [6.45, 7) is 4.91. The van der Waals surface area contributed by atoms with Crippen LogP contribution in [0.25, 0.3) is 0 Å². The summed E-state index contributed by atoms with van der Waals surface area (Å²) in [4.78, 5) is 21.9. The molecule has 1 N–H and O–H groups in total. The van der Waals surface area contributed by atoms with Crippen molar-refractivity contribution < 1.29 is 19.4 Å². The van der Waals surface area contributed by atoms with Gasteiger partial charge in [-0.25, -0.2) is 0 Å². The van der Waals surface area contributed by atoms with Gasteiger partial charge in [-0.1, -0.05) is 173 Å². The van der Waals surface area contributed by atoms with Gasteiger partial charge in [-0.3, -0.25) is 9.59 Å². The summed E-state index contributed by atoms with van der Waals surface area (Å²) in [5.41, 5.74) is 1.05. The van der Waals surface area contributed by atoms with E-state index in [1.165, 1.54) is 116 Å². The van der Waals surface area contributed by atoms with Gasteiger partial charge in [0.2, 0.25) is 0 Å². The molecule has 1 rings (SSSR count). The highest BCUT2D eigenvalue weighted by Crippen LogP contribution is 2.13. The molecule has 0 fully saturated rings. The molecule has 1 aromatic carbocycles. The molecule has 0 atom stereocenters. The molecule has 0 bridgehead atoms. The molecule has 0 radical (unpaired) electrons. The van der Waals surface area contributed by atoms with Gasteiger partial charge < -0.3 is 9.84 Å². The Morgan fingerprint density at radius 2 is 0.897 bits per heavy atom. The van der Waals surface area contributed by atoms with Crippen molar-refractivity contribution in [2.75, 3.05) is 0 Å². The van der Waals surface area contributed by atoms with Crippen LogP contribution < -0.4 is 0 Å². The van der Waals surface area contributed by atoms with Crippen molar-refractivity contribution in [2.24, 2.45) is 0 Å². The molecule has 1 aromatic rings. The van der Waals surface area contributed by atoms with E-state index in [2.05, 4.69) is 13.8 Å². The fraction of sp³-hybridized carbons (Fsp3) is 0.771. The van der Waals surface area contributed by atoms with Crippen molar-refractivity contribution in [3.05, 3.63) is 35.9 Å². The first-order valence-corrected chi connectivity index (χ1v) is 16.5. The number of esters is 1. The van der Waals surface area contributed by atoms with Crippen LogP contribution in [-0.4, -0.2) is 17.0 Å². The minimum atomic E-state index is -0.655. The summed E-state index contributed by atoms with van der Waals surface area (Å²) in [7, 11) is 0. The lowest BCUT2D eigenvalue weighted by molar-refractivity contribution is -0.145. The number of benzene rings is 1. The van der Waals surface area contributed by atoms with Crippen molar-refractivity contribution in [1.29, 1.82) is 0 Å². The molecule has 0 aliphatic carbocycles. The summed E-state index contributed by atoms with van der Waals surface area (Å²) >= 11 is 0. The Balaban J connectivity index is 0.000000751. The number of carbonyl (C=O) groups is 2. The van der Waals surface area contributed by atoms with E-state index in [1.54, 1.807) is 0 Å². The minimum Gasteiger partial charge on any atom is -0.481 e. The van der Waals surface area contributed by atoms with Crippen LogP contribution in [-0.2, 0) is 20.9 Å². The quantitative estimate of drug-likeness (QED) is 0.0927. The molecule has 0 saturated carbocycles. The molecule has 0 saturated heterocycles. The SMILES string of the molecule is CCCCCCCCCCCC(=O)OCc1ccccc1.CCCCCCCCCCCCCCCC(=O)O. The third-order valence-corrected chi connectivity index (χ3v) is 7.22. The van der Waals surface area contributed by atoms with Crippen LogP contribution in [0.1, 0.15) is 174 Å². The minimum absolute atomic E-state index is 0.0678. The Hall–Kier alpha value is -1.84. The van der Waals surface area contributed by atoms with Gasteiger partial charge in [0.05, 0.1) is 0 Å². The summed E-state index contributed by atoms with van der Waals surface area (Å²) in [5, 5.41) is 8.49. The lowest BCUT2D eigenvalue weighted by Gasteiger charge is -2.05. The maximum atomic E-state index is 11.6. The third kappa shape index (κ3) is 30.6. The molecule has 0 aliphatic rings. The zero-order valence-electron chi connectivity index (χ0n) is 25.7. The third-order valence-electron chi connectivity index (χ3n) is 7.22. The van der Waals surface area contributed by atoms with E-state index in [4.69, 9.17) is 9.84 Å². The van der Waals surface area contributed by atoms with E-state index in [9.17, 15) is 9.59 Å². The Bertz CT molecular complexity index is 643. The highest BCUT2D eigenvalue weighted by molar-refractivity contribution is 5.69. The molecule has 0 spiro atoms. The van der Waals surface area contributed by atoms with Crippen molar-refractivity contribution >= 4 is 11.9 Å². The number of ether oxygens (including phenoxy) is 1. The van der Waals surface area contributed by atoms with Crippen molar-refractivity contribution in [2.45, 2.75) is 175 Å². The van der Waals surface area contributed by atoms with E-state index in [1.807, 2.05) is 30.3 Å². The molecular weight excluding hydrogens is 484 g/mol. The lowest BCUT2D eigenvalue weighted by atomic mass is 10.0. The summed E-state index contributed by atoms with van der Waals surface area (Å²) < 4.78 is 5.26. The second-order valence-corrected chi connectivity index (χ2v) is 11.1. The first-order valence-electron chi connectivity index (χ1n) is 16.5. The molecule has 226 valence electrons. The Labute approximate surface area is 241 Å². The van der Waals surface area contributed by atoms with Crippen LogP contribution in [0.3, 0.4) is 0 Å². The average Bonchev–Trinajstić information content (AvgIpc) is 2.94. The van der Waals surface area contributed by atoms with Gasteiger partial charge in [-0.15, -0.1) is 0 Å². The fourth-order valence-corrected chi connectivity index (χ4v) is 4.68. The van der Waals surface area contributed by atoms with Crippen LogP contribution in [0.4, 0.5) is 0 Å². The predicted molar refractivity (Wildman–Crippen MR) is 166 cm³/mol. The maximum absolute atomic E-state index is 11.6. The van der Waals surface area contributed by atoms with Crippen LogP contribution in [0, 0.1) is 0 Å². The van der Waals surface area contributed by atoms with E-state index < -0.39 is 5.97 Å². The predicted octanol–water partition coefficient (Wildman–Crippen LogP) is 11.2. The van der Waals surface area contributed by atoms with Gasteiger partial charge in [-0.2, -0.15) is 0 Å². The summed E-state index contributed by atoms with van der Waals surface area (Å²) in [6, 6.07) is 9.85. The Morgan fingerprint density at radius 1 is 0.538 bits per heavy atom. The van der Waals surface area contributed by atoms with E-state index >= 15 is 0 Å². The van der Waals surface area contributed by atoms with E-state index in [0.717, 1.165) is 31.2 Å². The van der Waals surface area contributed by atoms with Crippen molar-refractivity contribution in [3.63, 3.8) is 0 Å². The van der Waals surface area contributed by atoms with Crippen LogP contribution in [0.2, 0.25) is 0 Å². The van der Waals surface area contributed by atoms with Gasteiger partial charge >= 0.3 is 11.9 Å². The molecule has 0 heterocycles. The lowest BCUT2D eigenvalue weighted by Crippen LogP contribution is -2.04. The van der Waals surface area contributed by atoms with Crippen molar-refractivity contribution in [3.8, 4) is 0 Å². The molecule has 0 aromatic heterocycles. The zero-order valence-corrected chi connectivity index (χ0v) is 25.7. The monoisotopic (exact) mass is 546 g/mol. The normalized spacial score (nSPS) is 10.6. The van der Waals surface area contributed by atoms with Gasteiger partial charge in [0.25, 0.3) is 0 Å². The zero-order chi connectivity index (χ0) is 28.7.